The van der Waals surface area contributed by atoms with Crippen molar-refractivity contribution in [2.45, 2.75) is 6.42 Å². The minimum atomic E-state index is -0.922. The van der Waals surface area contributed by atoms with Crippen LogP contribution in [0.15, 0.2) is 24.3 Å². The average molecular weight is 284 g/mol. The summed E-state index contributed by atoms with van der Waals surface area (Å²) in [6.45, 7) is 0.989. The van der Waals surface area contributed by atoms with Crippen LogP contribution in [0, 0.1) is 5.92 Å². The van der Waals surface area contributed by atoms with Crippen molar-refractivity contribution >= 4 is 23.5 Å². The lowest BCUT2D eigenvalue weighted by molar-refractivity contribution is -0.141. The molecule has 102 valence electrons. The molecule has 0 radical (unpaired) electrons. The number of benzene rings is 1. The van der Waals surface area contributed by atoms with Gasteiger partial charge in [-0.05, 0) is 24.3 Å². The Kier molecular flexibility index (Phi) is 4.27. The molecule has 1 saturated heterocycles. The SMILES string of the molecule is O=C(O)C1CC(=O)N(CCOc2ccc(Cl)cc2)C1. The second kappa shape index (κ2) is 5.93. The van der Waals surface area contributed by atoms with Gasteiger partial charge in [0.25, 0.3) is 0 Å². The molecule has 1 heterocycles. The molecule has 1 aliphatic heterocycles. The van der Waals surface area contributed by atoms with E-state index in [1.54, 1.807) is 24.3 Å². The molecule has 19 heavy (non-hydrogen) atoms. The van der Waals surface area contributed by atoms with Crippen LogP contribution in [0.4, 0.5) is 0 Å². The molecule has 1 atom stereocenters. The molecule has 1 aromatic rings. The molecule has 1 N–H and O–H groups in total. The van der Waals surface area contributed by atoms with Crippen LogP contribution in [0.25, 0.3) is 0 Å². The van der Waals surface area contributed by atoms with Gasteiger partial charge in [0.15, 0.2) is 0 Å². The molecule has 1 aliphatic rings. The number of carbonyl (C=O) groups is 2. The van der Waals surface area contributed by atoms with E-state index in [0.29, 0.717) is 23.9 Å². The topological polar surface area (TPSA) is 66.8 Å². The number of halogens is 1. The zero-order valence-electron chi connectivity index (χ0n) is 10.2. The first-order valence-electron chi connectivity index (χ1n) is 5.95. The third-order valence-corrected chi connectivity index (χ3v) is 3.26. The third-order valence-electron chi connectivity index (χ3n) is 3.01. The maximum Gasteiger partial charge on any atom is 0.308 e. The van der Waals surface area contributed by atoms with Gasteiger partial charge in [0.05, 0.1) is 12.5 Å². The molecule has 6 heteroatoms. The number of nitrogens with zero attached hydrogens (tertiary/aromatic N) is 1. The van der Waals surface area contributed by atoms with E-state index in [1.165, 1.54) is 4.90 Å². The first-order chi connectivity index (χ1) is 9.06. The molecule has 0 aliphatic carbocycles. The highest BCUT2D eigenvalue weighted by Gasteiger charge is 2.33. The number of rotatable bonds is 5. The molecule has 0 spiro atoms. The van der Waals surface area contributed by atoms with Gasteiger partial charge in [0.1, 0.15) is 12.4 Å². The zero-order valence-corrected chi connectivity index (χ0v) is 11.0. The minimum absolute atomic E-state index is 0.0796. The maximum absolute atomic E-state index is 11.6. The summed E-state index contributed by atoms with van der Waals surface area (Å²) in [5, 5.41) is 9.49. The van der Waals surface area contributed by atoms with Crippen molar-refractivity contribution in [3.05, 3.63) is 29.3 Å². The highest BCUT2D eigenvalue weighted by molar-refractivity contribution is 6.30. The van der Waals surface area contributed by atoms with E-state index in [1.807, 2.05) is 0 Å². The summed E-state index contributed by atoms with van der Waals surface area (Å²) < 4.78 is 5.47. The number of hydrogen-bond donors (Lipinski definition) is 1. The number of carbonyl (C=O) groups excluding carboxylic acids is 1. The van der Waals surface area contributed by atoms with Gasteiger partial charge in [-0.3, -0.25) is 9.59 Å². The third kappa shape index (κ3) is 3.61. The molecule has 0 bridgehead atoms. The van der Waals surface area contributed by atoms with Gasteiger partial charge in [0.2, 0.25) is 5.91 Å². The van der Waals surface area contributed by atoms with E-state index >= 15 is 0 Å². The monoisotopic (exact) mass is 283 g/mol. The predicted molar refractivity (Wildman–Crippen MR) is 69.3 cm³/mol. The second-order valence-electron chi connectivity index (χ2n) is 4.38. The van der Waals surface area contributed by atoms with Crippen molar-refractivity contribution in [3.63, 3.8) is 0 Å². The van der Waals surface area contributed by atoms with Crippen molar-refractivity contribution in [1.29, 1.82) is 0 Å². The van der Waals surface area contributed by atoms with E-state index in [9.17, 15) is 9.59 Å². The highest BCUT2D eigenvalue weighted by Crippen LogP contribution is 2.18. The fraction of sp³-hybridized carbons (Fsp3) is 0.385. The molecule has 0 aromatic heterocycles. The number of likely N-dealkylation sites (tertiary alicyclic amines) is 1. The normalized spacial score (nSPS) is 18.7. The maximum atomic E-state index is 11.6. The summed E-state index contributed by atoms with van der Waals surface area (Å²) >= 11 is 5.75. The van der Waals surface area contributed by atoms with Crippen molar-refractivity contribution in [2.24, 2.45) is 5.92 Å². The molecular weight excluding hydrogens is 270 g/mol. The van der Waals surface area contributed by atoms with Crippen molar-refractivity contribution in [3.8, 4) is 5.75 Å². The summed E-state index contributed by atoms with van der Waals surface area (Å²) in [4.78, 5) is 23.9. The molecule has 0 saturated carbocycles. The minimum Gasteiger partial charge on any atom is -0.492 e. The summed E-state index contributed by atoms with van der Waals surface area (Å²) in [5.74, 6) is -0.976. The molecule has 5 nitrogen and oxygen atoms in total. The summed E-state index contributed by atoms with van der Waals surface area (Å²) in [6.07, 6.45) is 0.0796. The summed E-state index contributed by atoms with van der Waals surface area (Å²) in [6, 6.07) is 6.93. The summed E-state index contributed by atoms with van der Waals surface area (Å²) in [5.41, 5.74) is 0. The van der Waals surface area contributed by atoms with Crippen molar-refractivity contribution in [2.75, 3.05) is 19.7 Å². The molecular formula is C13H14ClNO4. The number of carboxylic acids is 1. The van der Waals surface area contributed by atoms with Crippen LogP contribution in [0.3, 0.4) is 0 Å². The van der Waals surface area contributed by atoms with Crippen molar-refractivity contribution < 1.29 is 19.4 Å². The Morgan fingerprint density at radius 1 is 1.42 bits per heavy atom. The van der Waals surface area contributed by atoms with Crippen LogP contribution < -0.4 is 4.74 Å². The molecule has 2 rings (SSSR count). The van der Waals surface area contributed by atoms with Crippen LogP contribution in [0.2, 0.25) is 5.02 Å². The van der Waals surface area contributed by atoms with Crippen LogP contribution in [0.1, 0.15) is 6.42 Å². The molecule has 1 aromatic carbocycles. The standard InChI is InChI=1S/C13H14ClNO4/c14-10-1-3-11(4-2-10)19-6-5-15-8-9(13(17)18)7-12(15)16/h1-4,9H,5-8H2,(H,17,18). The Bertz CT molecular complexity index is 474. The molecule has 1 unspecified atom stereocenters. The van der Waals surface area contributed by atoms with E-state index in [0.717, 1.165) is 0 Å². The van der Waals surface area contributed by atoms with Crippen LogP contribution in [-0.2, 0) is 9.59 Å². The zero-order chi connectivity index (χ0) is 13.8. The second-order valence-corrected chi connectivity index (χ2v) is 4.82. The fourth-order valence-corrected chi connectivity index (χ4v) is 2.08. The van der Waals surface area contributed by atoms with E-state index in [-0.39, 0.29) is 18.9 Å². The van der Waals surface area contributed by atoms with Gasteiger partial charge in [-0.2, -0.15) is 0 Å². The predicted octanol–water partition coefficient (Wildman–Crippen LogP) is 1.65. The Hall–Kier alpha value is -1.75. The largest absolute Gasteiger partial charge is 0.492 e. The lowest BCUT2D eigenvalue weighted by Gasteiger charge is -2.16. The number of hydrogen-bond acceptors (Lipinski definition) is 3. The number of ether oxygens (including phenoxy) is 1. The number of amides is 1. The Labute approximate surface area is 115 Å². The Morgan fingerprint density at radius 2 is 2.11 bits per heavy atom. The van der Waals surface area contributed by atoms with Gasteiger partial charge >= 0.3 is 5.97 Å². The van der Waals surface area contributed by atoms with Gasteiger partial charge in [-0.25, -0.2) is 0 Å². The fourth-order valence-electron chi connectivity index (χ4n) is 1.96. The quantitative estimate of drug-likeness (QED) is 0.892. The first-order valence-corrected chi connectivity index (χ1v) is 6.33. The van der Waals surface area contributed by atoms with E-state index < -0.39 is 11.9 Å². The smallest absolute Gasteiger partial charge is 0.308 e. The highest BCUT2D eigenvalue weighted by atomic mass is 35.5. The first kappa shape index (κ1) is 13.7. The lowest BCUT2D eigenvalue weighted by Crippen LogP contribution is -2.30. The Morgan fingerprint density at radius 3 is 2.68 bits per heavy atom. The molecule has 1 fully saturated rings. The number of carboxylic acid groups (broad SMARTS) is 1. The van der Waals surface area contributed by atoms with E-state index in [2.05, 4.69) is 0 Å². The van der Waals surface area contributed by atoms with Gasteiger partial charge in [-0.15, -0.1) is 0 Å². The van der Waals surface area contributed by atoms with E-state index in [4.69, 9.17) is 21.4 Å². The number of aliphatic carboxylic acids is 1. The summed E-state index contributed by atoms with van der Waals surface area (Å²) in [7, 11) is 0. The lowest BCUT2D eigenvalue weighted by atomic mass is 10.1. The van der Waals surface area contributed by atoms with Crippen LogP contribution in [-0.4, -0.2) is 41.6 Å². The Balaban J connectivity index is 1.78. The van der Waals surface area contributed by atoms with Crippen molar-refractivity contribution in [1.82, 2.24) is 4.90 Å². The van der Waals surface area contributed by atoms with Gasteiger partial charge < -0.3 is 14.7 Å². The van der Waals surface area contributed by atoms with Gasteiger partial charge in [-0.1, -0.05) is 11.6 Å². The van der Waals surface area contributed by atoms with Gasteiger partial charge in [0, 0.05) is 18.0 Å². The van der Waals surface area contributed by atoms with Crippen LogP contribution in [0.5, 0.6) is 5.75 Å². The average Bonchev–Trinajstić information content (AvgIpc) is 2.74. The van der Waals surface area contributed by atoms with Crippen LogP contribution >= 0.6 is 11.6 Å². The molecule has 1 amide bonds.